The first-order chi connectivity index (χ1) is 11.1. The Labute approximate surface area is 141 Å². The molecule has 116 valence electrons. The van der Waals surface area contributed by atoms with E-state index in [1.807, 2.05) is 54.6 Å². The van der Waals surface area contributed by atoms with Gasteiger partial charge in [0.2, 0.25) is 11.7 Å². The quantitative estimate of drug-likeness (QED) is 0.707. The summed E-state index contributed by atoms with van der Waals surface area (Å²) in [6.07, 6.45) is 0. The zero-order valence-corrected chi connectivity index (χ0v) is 14.0. The number of nitrogens with zero attached hydrogens (tertiary/aromatic N) is 5. The molecule has 0 fully saturated rings. The molecule has 0 unspecified atom stereocenters. The van der Waals surface area contributed by atoms with Gasteiger partial charge < -0.3 is 4.90 Å². The molecule has 0 atom stereocenters. The second-order valence-electron chi connectivity index (χ2n) is 4.91. The molecule has 1 amide bonds. The minimum atomic E-state index is -0.118. The Hall–Kier alpha value is -2.54. The van der Waals surface area contributed by atoms with Gasteiger partial charge in [-0.25, -0.2) is 0 Å². The molecule has 0 aliphatic rings. The molecule has 6 nitrogen and oxygen atoms in total. The molecule has 0 bridgehead atoms. The molecule has 3 rings (SSSR count). The van der Waals surface area contributed by atoms with Gasteiger partial charge in [0.05, 0.1) is 0 Å². The van der Waals surface area contributed by atoms with E-state index in [-0.39, 0.29) is 12.5 Å². The standard InChI is InChI=1S/C16H14BrN5O/c1-21(12-7-3-2-4-8-12)15(23)11-22-19-16(18-20-22)13-9-5-6-10-14(13)17/h2-10H,11H2,1H3. The highest BCUT2D eigenvalue weighted by Gasteiger charge is 2.15. The lowest BCUT2D eigenvalue weighted by molar-refractivity contribution is -0.119. The van der Waals surface area contributed by atoms with Crippen LogP contribution in [0.4, 0.5) is 5.69 Å². The van der Waals surface area contributed by atoms with E-state index >= 15 is 0 Å². The maximum absolute atomic E-state index is 12.3. The van der Waals surface area contributed by atoms with Crippen LogP contribution in [0.1, 0.15) is 0 Å². The SMILES string of the molecule is CN(C(=O)Cn1nnc(-c2ccccc2Br)n1)c1ccccc1. The van der Waals surface area contributed by atoms with Crippen LogP contribution in [0.5, 0.6) is 0 Å². The lowest BCUT2D eigenvalue weighted by atomic mass is 10.2. The molecule has 0 aliphatic heterocycles. The zero-order chi connectivity index (χ0) is 16.2. The average Bonchev–Trinajstić information content (AvgIpc) is 3.03. The van der Waals surface area contributed by atoms with Crippen molar-refractivity contribution >= 4 is 27.5 Å². The number of hydrogen-bond donors (Lipinski definition) is 0. The average molecular weight is 372 g/mol. The van der Waals surface area contributed by atoms with Crippen molar-refractivity contribution in [2.75, 3.05) is 11.9 Å². The minimum absolute atomic E-state index is 0.0306. The summed E-state index contributed by atoms with van der Waals surface area (Å²) in [4.78, 5) is 15.2. The third-order valence-corrected chi connectivity index (χ3v) is 4.05. The number of hydrogen-bond acceptors (Lipinski definition) is 4. The third kappa shape index (κ3) is 3.45. The Bertz CT molecular complexity index is 818. The van der Waals surface area contributed by atoms with Crippen LogP contribution in [0, 0.1) is 0 Å². The summed E-state index contributed by atoms with van der Waals surface area (Å²) >= 11 is 3.45. The van der Waals surface area contributed by atoms with Gasteiger partial charge in [-0.2, -0.15) is 4.80 Å². The molecule has 0 radical (unpaired) electrons. The molecule has 1 heterocycles. The monoisotopic (exact) mass is 371 g/mol. The van der Waals surface area contributed by atoms with Crippen LogP contribution in [-0.2, 0) is 11.3 Å². The van der Waals surface area contributed by atoms with Crippen molar-refractivity contribution in [1.29, 1.82) is 0 Å². The summed E-state index contributed by atoms with van der Waals surface area (Å²) in [6.45, 7) is 0.0306. The highest BCUT2D eigenvalue weighted by Crippen LogP contribution is 2.24. The Kier molecular flexibility index (Phi) is 4.47. The first kappa shape index (κ1) is 15.4. The van der Waals surface area contributed by atoms with Crippen molar-refractivity contribution in [3.63, 3.8) is 0 Å². The first-order valence-electron chi connectivity index (χ1n) is 6.99. The lowest BCUT2D eigenvalue weighted by Gasteiger charge is -2.16. The largest absolute Gasteiger partial charge is 0.314 e. The van der Waals surface area contributed by atoms with Crippen LogP contribution in [0.15, 0.2) is 59.1 Å². The molecule has 2 aromatic carbocycles. The molecule has 0 N–H and O–H groups in total. The van der Waals surface area contributed by atoms with Crippen molar-refractivity contribution in [1.82, 2.24) is 20.2 Å². The highest BCUT2D eigenvalue weighted by molar-refractivity contribution is 9.10. The number of para-hydroxylation sites is 1. The number of carbonyl (C=O) groups is 1. The number of aromatic nitrogens is 4. The summed E-state index contributed by atoms with van der Waals surface area (Å²) in [5.41, 5.74) is 1.66. The van der Waals surface area contributed by atoms with Crippen molar-refractivity contribution < 1.29 is 4.79 Å². The summed E-state index contributed by atoms with van der Waals surface area (Å²) in [5.74, 6) is 0.361. The molecular weight excluding hydrogens is 358 g/mol. The molecule has 0 aliphatic carbocycles. The van der Waals surface area contributed by atoms with E-state index in [9.17, 15) is 4.79 Å². The molecule has 0 saturated heterocycles. The Morgan fingerprint density at radius 1 is 1.13 bits per heavy atom. The normalized spacial score (nSPS) is 10.5. The molecular formula is C16H14BrN5O. The van der Waals surface area contributed by atoms with E-state index in [4.69, 9.17) is 0 Å². The summed E-state index contributed by atoms with van der Waals surface area (Å²) in [5, 5.41) is 12.2. The van der Waals surface area contributed by atoms with Crippen LogP contribution in [0.2, 0.25) is 0 Å². The predicted octanol–water partition coefficient (Wildman–Crippen LogP) is 2.77. The van der Waals surface area contributed by atoms with Gasteiger partial charge in [-0.3, -0.25) is 4.79 Å². The molecule has 23 heavy (non-hydrogen) atoms. The van der Waals surface area contributed by atoms with Gasteiger partial charge in [-0.1, -0.05) is 46.3 Å². The van der Waals surface area contributed by atoms with Gasteiger partial charge in [-0.05, 0) is 29.5 Å². The van der Waals surface area contributed by atoms with Gasteiger partial charge in [0, 0.05) is 22.8 Å². The Morgan fingerprint density at radius 3 is 2.57 bits per heavy atom. The van der Waals surface area contributed by atoms with Crippen LogP contribution in [0.3, 0.4) is 0 Å². The van der Waals surface area contributed by atoms with E-state index in [0.717, 1.165) is 15.7 Å². The van der Waals surface area contributed by atoms with Crippen molar-refractivity contribution in [3.05, 3.63) is 59.1 Å². The predicted molar refractivity (Wildman–Crippen MR) is 90.8 cm³/mol. The van der Waals surface area contributed by atoms with Gasteiger partial charge in [-0.15, -0.1) is 10.2 Å². The second kappa shape index (κ2) is 6.70. The smallest absolute Gasteiger partial charge is 0.250 e. The molecule has 0 spiro atoms. The van der Waals surface area contributed by atoms with E-state index in [1.165, 1.54) is 4.80 Å². The maximum Gasteiger partial charge on any atom is 0.250 e. The number of amides is 1. The molecule has 7 heteroatoms. The van der Waals surface area contributed by atoms with Crippen molar-refractivity contribution in [2.24, 2.45) is 0 Å². The number of benzene rings is 2. The van der Waals surface area contributed by atoms with Crippen molar-refractivity contribution in [2.45, 2.75) is 6.54 Å². The molecule has 1 aromatic heterocycles. The van der Waals surface area contributed by atoms with Gasteiger partial charge in [0.15, 0.2) is 0 Å². The lowest BCUT2D eigenvalue weighted by Crippen LogP contribution is -2.30. The fraction of sp³-hybridized carbons (Fsp3) is 0.125. The Morgan fingerprint density at radius 2 is 1.83 bits per heavy atom. The molecule has 3 aromatic rings. The van der Waals surface area contributed by atoms with E-state index in [0.29, 0.717) is 5.82 Å². The number of halogens is 1. The van der Waals surface area contributed by atoms with Crippen molar-refractivity contribution in [3.8, 4) is 11.4 Å². The van der Waals surface area contributed by atoms with E-state index in [1.54, 1.807) is 11.9 Å². The summed E-state index contributed by atoms with van der Waals surface area (Å²) in [7, 11) is 1.73. The number of anilines is 1. The highest BCUT2D eigenvalue weighted by atomic mass is 79.9. The zero-order valence-electron chi connectivity index (χ0n) is 12.4. The number of rotatable bonds is 4. The minimum Gasteiger partial charge on any atom is -0.314 e. The number of likely N-dealkylation sites (N-methyl/N-ethyl adjacent to an activating group) is 1. The van der Waals surface area contributed by atoms with E-state index < -0.39 is 0 Å². The molecule has 0 saturated carbocycles. The summed E-state index contributed by atoms with van der Waals surface area (Å²) < 4.78 is 0.882. The first-order valence-corrected chi connectivity index (χ1v) is 7.79. The Balaban J connectivity index is 1.74. The topological polar surface area (TPSA) is 63.9 Å². The maximum atomic E-state index is 12.3. The van der Waals surface area contributed by atoms with Crippen LogP contribution in [0.25, 0.3) is 11.4 Å². The van der Waals surface area contributed by atoms with E-state index in [2.05, 4.69) is 31.3 Å². The van der Waals surface area contributed by atoms with Gasteiger partial charge >= 0.3 is 0 Å². The van der Waals surface area contributed by atoms with Gasteiger partial charge in [0.1, 0.15) is 6.54 Å². The number of carbonyl (C=O) groups excluding carboxylic acids is 1. The van der Waals surface area contributed by atoms with Gasteiger partial charge in [0.25, 0.3) is 0 Å². The fourth-order valence-corrected chi connectivity index (χ4v) is 2.55. The summed E-state index contributed by atoms with van der Waals surface area (Å²) in [6, 6.07) is 17.0. The van der Waals surface area contributed by atoms with Crippen LogP contribution >= 0.6 is 15.9 Å². The third-order valence-electron chi connectivity index (χ3n) is 3.36. The van der Waals surface area contributed by atoms with Crippen LogP contribution in [-0.4, -0.2) is 33.2 Å². The second-order valence-corrected chi connectivity index (χ2v) is 5.77. The number of tetrazole rings is 1. The van der Waals surface area contributed by atoms with Crippen LogP contribution < -0.4 is 4.90 Å². The fourth-order valence-electron chi connectivity index (χ4n) is 2.08.